The van der Waals surface area contributed by atoms with Gasteiger partial charge in [0, 0.05) is 6.54 Å². The molecule has 0 atom stereocenters. The Morgan fingerprint density at radius 3 is 2.05 bits per heavy atom. The second-order valence-electron chi connectivity index (χ2n) is 5.46. The van der Waals surface area contributed by atoms with Crippen LogP contribution >= 0.6 is 0 Å². The highest BCUT2D eigenvalue weighted by Gasteiger charge is 2.05. The molecule has 21 heavy (non-hydrogen) atoms. The molecule has 5 heteroatoms. The summed E-state index contributed by atoms with van der Waals surface area (Å²) >= 11 is 0. The summed E-state index contributed by atoms with van der Waals surface area (Å²) in [5.74, 6) is -0.269. The molecule has 0 bridgehead atoms. The van der Waals surface area contributed by atoms with Crippen molar-refractivity contribution >= 4 is 11.9 Å². The number of hydrogen-bond donors (Lipinski definition) is 3. The normalized spacial score (nSPS) is 10.4. The first-order valence-electron chi connectivity index (χ1n) is 8.49. The van der Waals surface area contributed by atoms with Crippen molar-refractivity contribution in [3.05, 3.63) is 0 Å². The minimum absolute atomic E-state index is 0.206. The molecule has 0 saturated heterocycles. The van der Waals surface area contributed by atoms with Crippen molar-refractivity contribution in [1.29, 1.82) is 0 Å². The van der Waals surface area contributed by atoms with Crippen LogP contribution in [0.5, 0.6) is 0 Å². The third-order valence-corrected chi connectivity index (χ3v) is 3.31. The molecule has 0 aliphatic carbocycles. The van der Waals surface area contributed by atoms with Gasteiger partial charge in [-0.2, -0.15) is 0 Å². The van der Waals surface area contributed by atoms with Crippen LogP contribution in [-0.2, 0) is 4.79 Å². The van der Waals surface area contributed by atoms with Gasteiger partial charge in [-0.3, -0.25) is 10.1 Å². The standard InChI is InChI=1S/C16H33N3O2/c1-3-5-7-8-9-11-12-17-14-15(20)19-16(21)18-13-10-6-4-2/h17H,3-14H2,1-2H3,(H2,18,19,20,21). The monoisotopic (exact) mass is 299 g/mol. The fourth-order valence-electron chi connectivity index (χ4n) is 2.02. The first-order chi connectivity index (χ1) is 10.2. The minimum atomic E-state index is -0.391. The Morgan fingerprint density at radius 2 is 1.33 bits per heavy atom. The molecule has 0 saturated carbocycles. The summed E-state index contributed by atoms with van der Waals surface area (Å²) in [5, 5.41) is 8.07. The Balaban J connectivity index is 3.35. The van der Waals surface area contributed by atoms with Crippen LogP contribution in [0.15, 0.2) is 0 Å². The van der Waals surface area contributed by atoms with Crippen molar-refractivity contribution < 1.29 is 9.59 Å². The summed E-state index contributed by atoms with van der Waals surface area (Å²) in [6.07, 6.45) is 10.6. The van der Waals surface area contributed by atoms with Gasteiger partial charge in [0.2, 0.25) is 5.91 Å². The van der Waals surface area contributed by atoms with E-state index in [1.807, 2.05) is 0 Å². The van der Waals surface area contributed by atoms with Crippen molar-refractivity contribution in [2.75, 3.05) is 19.6 Å². The third kappa shape index (κ3) is 15.1. The zero-order valence-corrected chi connectivity index (χ0v) is 13.8. The van der Waals surface area contributed by atoms with E-state index >= 15 is 0 Å². The van der Waals surface area contributed by atoms with Crippen LogP contribution in [0.2, 0.25) is 0 Å². The van der Waals surface area contributed by atoms with E-state index in [-0.39, 0.29) is 12.5 Å². The lowest BCUT2D eigenvalue weighted by atomic mass is 10.1. The molecule has 0 unspecified atom stereocenters. The van der Waals surface area contributed by atoms with Gasteiger partial charge in [-0.05, 0) is 19.4 Å². The van der Waals surface area contributed by atoms with Gasteiger partial charge in [-0.1, -0.05) is 58.8 Å². The van der Waals surface area contributed by atoms with Crippen LogP contribution in [0.25, 0.3) is 0 Å². The number of carbonyl (C=O) groups excluding carboxylic acids is 2. The second kappa shape index (κ2) is 15.3. The average Bonchev–Trinajstić information content (AvgIpc) is 2.46. The third-order valence-electron chi connectivity index (χ3n) is 3.31. The summed E-state index contributed by atoms with van der Waals surface area (Å²) < 4.78 is 0. The molecule has 0 aliphatic heterocycles. The van der Waals surface area contributed by atoms with Gasteiger partial charge in [0.05, 0.1) is 6.54 Å². The van der Waals surface area contributed by atoms with E-state index in [2.05, 4.69) is 29.8 Å². The average molecular weight is 299 g/mol. The quantitative estimate of drug-likeness (QED) is 0.458. The smallest absolute Gasteiger partial charge is 0.321 e. The van der Waals surface area contributed by atoms with Crippen molar-refractivity contribution in [1.82, 2.24) is 16.0 Å². The SMILES string of the molecule is CCCCCCCCNCC(=O)NC(=O)NCCCCC. The zero-order valence-electron chi connectivity index (χ0n) is 13.8. The second-order valence-corrected chi connectivity index (χ2v) is 5.46. The number of unbranched alkanes of at least 4 members (excludes halogenated alkanes) is 7. The van der Waals surface area contributed by atoms with E-state index in [0.717, 1.165) is 32.2 Å². The molecule has 0 spiro atoms. The topological polar surface area (TPSA) is 70.2 Å². The Morgan fingerprint density at radius 1 is 0.762 bits per heavy atom. The van der Waals surface area contributed by atoms with Crippen molar-refractivity contribution in [2.24, 2.45) is 0 Å². The molecule has 3 amide bonds. The van der Waals surface area contributed by atoms with Crippen LogP contribution in [0.4, 0.5) is 4.79 Å². The molecule has 0 radical (unpaired) electrons. The lowest BCUT2D eigenvalue weighted by Crippen LogP contribution is -2.43. The lowest BCUT2D eigenvalue weighted by molar-refractivity contribution is -0.119. The van der Waals surface area contributed by atoms with Gasteiger partial charge >= 0.3 is 6.03 Å². The number of urea groups is 1. The van der Waals surface area contributed by atoms with Gasteiger partial charge in [-0.15, -0.1) is 0 Å². The molecule has 0 heterocycles. The van der Waals surface area contributed by atoms with Gasteiger partial charge in [0.25, 0.3) is 0 Å². The van der Waals surface area contributed by atoms with Crippen molar-refractivity contribution in [2.45, 2.75) is 71.6 Å². The number of carbonyl (C=O) groups is 2. The molecule has 0 fully saturated rings. The highest BCUT2D eigenvalue weighted by Crippen LogP contribution is 2.03. The molecule has 124 valence electrons. The molecule has 0 rings (SSSR count). The Bertz CT molecular complexity index is 270. The number of amides is 3. The maximum absolute atomic E-state index is 11.5. The summed E-state index contributed by atoms with van der Waals surface area (Å²) in [7, 11) is 0. The first-order valence-corrected chi connectivity index (χ1v) is 8.49. The maximum atomic E-state index is 11.5. The number of imide groups is 1. The van der Waals surface area contributed by atoms with E-state index in [1.165, 1.54) is 32.1 Å². The highest BCUT2D eigenvalue weighted by molar-refractivity contribution is 5.95. The van der Waals surface area contributed by atoms with Gasteiger partial charge in [0.15, 0.2) is 0 Å². The molecular formula is C16H33N3O2. The Hall–Kier alpha value is -1.10. The van der Waals surface area contributed by atoms with Crippen LogP contribution in [0.3, 0.4) is 0 Å². The van der Waals surface area contributed by atoms with Gasteiger partial charge < -0.3 is 10.6 Å². The van der Waals surface area contributed by atoms with E-state index in [0.29, 0.717) is 6.54 Å². The lowest BCUT2D eigenvalue weighted by Gasteiger charge is -2.07. The largest absolute Gasteiger partial charge is 0.338 e. The van der Waals surface area contributed by atoms with Gasteiger partial charge in [0.1, 0.15) is 0 Å². The van der Waals surface area contributed by atoms with E-state index in [4.69, 9.17) is 0 Å². The summed E-state index contributed by atoms with van der Waals surface area (Å²) in [6, 6.07) is -0.391. The van der Waals surface area contributed by atoms with Gasteiger partial charge in [-0.25, -0.2) is 4.79 Å². The molecule has 0 aromatic heterocycles. The van der Waals surface area contributed by atoms with Crippen LogP contribution in [0.1, 0.15) is 71.6 Å². The Kier molecular flexibility index (Phi) is 14.5. The maximum Gasteiger partial charge on any atom is 0.321 e. The molecule has 5 nitrogen and oxygen atoms in total. The van der Waals surface area contributed by atoms with E-state index < -0.39 is 6.03 Å². The predicted molar refractivity (Wildman–Crippen MR) is 87.3 cm³/mol. The summed E-state index contributed by atoms with van der Waals surface area (Å²) in [5.41, 5.74) is 0. The molecular weight excluding hydrogens is 266 g/mol. The fraction of sp³-hybridized carbons (Fsp3) is 0.875. The van der Waals surface area contributed by atoms with Crippen LogP contribution < -0.4 is 16.0 Å². The predicted octanol–water partition coefficient (Wildman–Crippen LogP) is 2.95. The van der Waals surface area contributed by atoms with Crippen molar-refractivity contribution in [3.8, 4) is 0 Å². The molecule has 0 aliphatic rings. The molecule has 0 aromatic rings. The van der Waals surface area contributed by atoms with Crippen LogP contribution in [0, 0.1) is 0 Å². The highest BCUT2D eigenvalue weighted by atomic mass is 16.2. The van der Waals surface area contributed by atoms with Crippen LogP contribution in [-0.4, -0.2) is 31.6 Å². The molecule has 0 aromatic carbocycles. The number of nitrogens with one attached hydrogen (secondary N) is 3. The zero-order chi connectivity index (χ0) is 15.8. The van der Waals surface area contributed by atoms with E-state index in [1.54, 1.807) is 0 Å². The fourth-order valence-corrected chi connectivity index (χ4v) is 2.02. The molecule has 3 N–H and O–H groups in total. The number of hydrogen-bond acceptors (Lipinski definition) is 3. The first kappa shape index (κ1) is 19.9. The Labute approximate surface area is 129 Å². The summed E-state index contributed by atoms with van der Waals surface area (Å²) in [4.78, 5) is 22.9. The number of rotatable bonds is 13. The summed E-state index contributed by atoms with van der Waals surface area (Å²) in [6.45, 7) is 5.98. The minimum Gasteiger partial charge on any atom is -0.338 e. The van der Waals surface area contributed by atoms with Crippen molar-refractivity contribution in [3.63, 3.8) is 0 Å². The van der Waals surface area contributed by atoms with E-state index in [9.17, 15) is 9.59 Å².